The smallest absolute Gasteiger partial charge is 0.315 e. The molecule has 0 radical (unpaired) electrons. The fraction of sp³-hybridized carbons (Fsp3) is 0.588. The Morgan fingerprint density at radius 3 is 2.35 bits per heavy atom. The van der Waals surface area contributed by atoms with Crippen LogP contribution >= 0.6 is 0 Å². The van der Waals surface area contributed by atoms with Crippen molar-refractivity contribution in [2.75, 3.05) is 0 Å². The van der Waals surface area contributed by atoms with Crippen LogP contribution in [0, 0.1) is 5.92 Å². The van der Waals surface area contributed by atoms with Crippen molar-refractivity contribution in [2.24, 2.45) is 5.92 Å². The maximum Gasteiger partial charge on any atom is 0.315 e. The molecule has 2 aliphatic carbocycles. The largest absolute Gasteiger partial charge is 0.335 e. The molecule has 3 rings (SSSR count). The lowest BCUT2D eigenvalue weighted by atomic mass is 9.96. The van der Waals surface area contributed by atoms with E-state index in [2.05, 4.69) is 22.8 Å². The van der Waals surface area contributed by atoms with Gasteiger partial charge >= 0.3 is 6.03 Å². The summed E-state index contributed by atoms with van der Waals surface area (Å²) in [5, 5.41) is 6.34. The number of hydrogen-bond acceptors (Lipinski definition) is 1. The zero-order valence-electron chi connectivity index (χ0n) is 12.0. The van der Waals surface area contributed by atoms with Crippen LogP contribution in [-0.2, 0) is 0 Å². The lowest BCUT2D eigenvalue weighted by molar-refractivity contribution is 0.227. The maximum absolute atomic E-state index is 12.2. The van der Waals surface area contributed by atoms with Crippen LogP contribution in [0.15, 0.2) is 30.3 Å². The highest BCUT2D eigenvalue weighted by Gasteiger charge is 2.33. The molecule has 0 saturated heterocycles. The van der Waals surface area contributed by atoms with Crippen molar-refractivity contribution in [2.45, 2.75) is 57.0 Å². The van der Waals surface area contributed by atoms with Crippen LogP contribution in [0.25, 0.3) is 0 Å². The van der Waals surface area contributed by atoms with Gasteiger partial charge in [-0.2, -0.15) is 0 Å². The van der Waals surface area contributed by atoms with E-state index in [4.69, 9.17) is 0 Å². The van der Waals surface area contributed by atoms with Crippen molar-refractivity contribution in [1.82, 2.24) is 10.6 Å². The molecule has 1 atom stereocenters. The first kappa shape index (κ1) is 13.5. The van der Waals surface area contributed by atoms with Crippen molar-refractivity contribution in [1.29, 1.82) is 0 Å². The molecule has 0 aromatic heterocycles. The first-order chi connectivity index (χ1) is 9.83. The SMILES string of the molecule is O=C(NC1CCCCC1)NC(c1ccccc1)C1CC1. The molecule has 3 nitrogen and oxygen atoms in total. The second-order valence-corrected chi connectivity index (χ2v) is 6.18. The van der Waals surface area contributed by atoms with Gasteiger partial charge in [-0.15, -0.1) is 0 Å². The van der Waals surface area contributed by atoms with Crippen LogP contribution in [-0.4, -0.2) is 12.1 Å². The van der Waals surface area contributed by atoms with Crippen LogP contribution in [0.3, 0.4) is 0 Å². The number of amides is 2. The molecule has 1 aromatic carbocycles. The number of benzene rings is 1. The summed E-state index contributed by atoms with van der Waals surface area (Å²) < 4.78 is 0. The van der Waals surface area contributed by atoms with Crippen LogP contribution in [0.5, 0.6) is 0 Å². The van der Waals surface area contributed by atoms with E-state index in [1.165, 1.54) is 37.7 Å². The van der Waals surface area contributed by atoms with Crippen molar-refractivity contribution >= 4 is 6.03 Å². The van der Waals surface area contributed by atoms with Gasteiger partial charge in [0, 0.05) is 6.04 Å². The molecule has 0 aliphatic heterocycles. The maximum atomic E-state index is 12.2. The predicted octanol–water partition coefficient (Wildman–Crippen LogP) is 3.77. The molecule has 2 N–H and O–H groups in total. The Morgan fingerprint density at radius 1 is 1.00 bits per heavy atom. The molecule has 0 spiro atoms. The molecule has 2 fully saturated rings. The molecular formula is C17H24N2O. The number of nitrogens with one attached hydrogen (secondary N) is 2. The summed E-state index contributed by atoms with van der Waals surface area (Å²) in [5.41, 5.74) is 1.23. The van der Waals surface area contributed by atoms with Gasteiger partial charge in [-0.3, -0.25) is 0 Å². The summed E-state index contributed by atoms with van der Waals surface area (Å²) in [6, 6.07) is 10.9. The molecule has 1 aromatic rings. The molecule has 20 heavy (non-hydrogen) atoms. The summed E-state index contributed by atoms with van der Waals surface area (Å²) in [5.74, 6) is 0.620. The van der Waals surface area contributed by atoms with Gasteiger partial charge < -0.3 is 10.6 Å². The van der Waals surface area contributed by atoms with Crippen LogP contribution < -0.4 is 10.6 Å². The molecule has 0 bridgehead atoms. The minimum absolute atomic E-state index is 0.0117. The van der Waals surface area contributed by atoms with E-state index in [0.717, 1.165) is 12.8 Å². The molecule has 3 heteroatoms. The Kier molecular flexibility index (Phi) is 4.24. The Balaban J connectivity index is 1.57. The number of urea groups is 1. The van der Waals surface area contributed by atoms with Crippen LogP contribution in [0.2, 0.25) is 0 Å². The highest BCUT2D eigenvalue weighted by atomic mass is 16.2. The molecular weight excluding hydrogens is 248 g/mol. The van der Waals surface area contributed by atoms with Crippen LogP contribution in [0.4, 0.5) is 4.79 Å². The van der Waals surface area contributed by atoms with Gasteiger partial charge in [-0.05, 0) is 37.2 Å². The van der Waals surface area contributed by atoms with E-state index >= 15 is 0 Å². The molecule has 1 unspecified atom stereocenters. The molecule has 2 amide bonds. The Hall–Kier alpha value is -1.51. The van der Waals surface area contributed by atoms with Gasteiger partial charge in [0.25, 0.3) is 0 Å². The zero-order valence-corrected chi connectivity index (χ0v) is 12.0. The third kappa shape index (κ3) is 3.53. The van der Waals surface area contributed by atoms with E-state index in [1.54, 1.807) is 0 Å². The van der Waals surface area contributed by atoms with Gasteiger partial charge in [-0.25, -0.2) is 4.79 Å². The van der Waals surface area contributed by atoms with E-state index in [9.17, 15) is 4.79 Å². The van der Waals surface area contributed by atoms with Gasteiger partial charge in [0.05, 0.1) is 6.04 Å². The van der Waals surface area contributed by atoms with E-state index in [1.807, 2.05) is 18.2 Å². The highest BCUT2D eigenvalue weighted by Crippen LogP contribution is 2.40. The predicted molar refractivity (Wildman–Crippen MR) is 80.4 cm³/mol. The second kappa shape index (κ2) is 6.29. The number of rotatable bonds is 4. The van der Waals surface area contributed by atoms with E-state index < -0.39 is 0 Å². The molecule has 2 aliphatic rings. The van der Waals surface area contributed by atoms with Crippen LogP contribution in [0.1, 0.15) is 56.6 Å². The van der Waals surface area contributed by atoms with Gasteiger partial charge in [0.15, 0.2) is 0 Å². The quantitative estimate of drug-likeness (QED) is 0.860. The Labute approximate surface area is 121 Å². The third-order valence-corrected chi connectivity index (χ3v) is 4.48. The van der Waals surface area contributed by atoms with E-state index in [-0.39, 0.29) is 12.1 Å². The Bertz CT molecular complexity index is 436. The lowest BCUT2D eigenvalue weighted by Gasteiger charge is -2.25. The average Bonchev–Trinajstić information content (AvgIpc) is 3.31. The first-order valence-corrected chi connectivity index (χ1v) is 7.95. The highest BCUT2D eigenvalue weighted by molar-refractivity contribution is 5.74. The number of carbonyl (C=O) groups is 1. The minimum atomic E-state index is 0.0117. The summed E-state index contributed by atoms with van der Waals surface area (Å²) in [6.45, 7) is 0. The molecule has 2 saturated carbocycles. The van der Waals surface area contributed by atoms with Gasteiger partial charge in [-0.1, -0.05) is 49.6 Å². The van der Waals surface area contributed by atoms with E-state index in [0.29, 0.717) is 12.0 Å². The fourth-order valence-corrected chi connectivity index (χ4v) is 3.18. The number of carbonyl (C=O) groups excluding carboxylic acids is 1. The summed E-state index contributed by atoms with van der Waals surface area (Å²) in [7, 11) is 0. The second-order valence-electron chi connectivity index (χ2n) is 6.18. The summed E-state index contributed by atoms with van der Waals surface area (Å²) in [6.07, 6.45) is 8.52. The van der Waals surface area contributed by atoms with Crippen molar-refractivity contribution in [3.05, 3.63) is 35.9 Å². The lowest BCUT2D eigenvalue weighted by Crippen LogP contribution is -2.44. The van der Waals surface area contributed by atoms with Crippen molar-refractivity contribution < 1.29 is 4.79 Å². The minimum Gasteiger partial charge on any atom is -0.335 e. The fourth-order valence-electron chi connectivity index (χ4n) is 3.18. The Morgan fingerprint density at radius 2 is 1.70 bits per heavy atom. The number of hydrogen-bond donors (Lipinski definition) is 2. The first-order valence-electron chi connectivity index (χ1n) is 7.95. The van der Waals surface area contributed by atoms with Gasteiger partial charge in [0.2, 0.25) is 0 Å². The standard InChI is InChI=1S/C17H24N2O/c20-17(18-15-9-5-2-6-10-15)19-16(14-11-12-14)13-7-3-1-4-8-13/h1,3-4,7-8,14-16H,2,5-6,9-12H2,(H2,18,19,20). The topological polar surface area (TPSA) is 41.1 Å². The van der Waals surface area contributed by atoms with Crippen molar-refractivity contribution in [3.63, 3.8) is 0 Å². The van der Waals surface area contributed by atoms with Gasteiger partial charge in [0.1, 0.15) is 0 Å². The zero-order chi connectivity index (χ0) is 13.8. The molecule has 0 heterocycles. The summed E-state index contributed by atoms with van der Waals surface area (Å²) >= 11 is 0. The molecule has 108 valence electrons. The van der Waals surface area contributed by atoms with Crippen molar-refractivity contribution in [3.8, 4) is 0 Å². The normalized spacial score (nSPS) is 21.2. The summed E-state index contributed by atoms with van der Waals surface area (Å²) in [4.78, 5) is 12.2. The average molecular weight is 272 g/mol. The third-order valence-electron chi connectivity index (χ3n) is 4.48. The monoisotopic (exact) mass is 272 g/mol.